The van der Waals surface area contributed by atoms with Gasteiger partial charge in [-0.1, -0.05) is 0 Å². The first-order valence-electron chi connectivity index (χ1n) is 7.21. The van der Waals surface area contributed by atoms with Gasteiger partial charge in [0.05, 0.1) is 0 Å². The van der Waals surface area contributed by atoms with Crippen LogP contribution in [0.15, 0.2) is 33.5 Å². The summed E-state index contributed by atoms with van der Waals surface area (Å²) in [4.78, 5) is 22.4. The normalized spacial score (nSPS) is 24.5. The average molecular weight is 320 g/mol. The lowest BCUT2D eigenvalue weighted by molar-refractivity contribution is -0.211. The van der Waals surface area contributed by atoms with Gasteiger partial charge in [0.15, 0.2) is 6.10 Å². The Balaban J connectivity index is 1.85. The summed E-state index contributed by atoms with van der Waals surface area (Å²) in [6.07, 6.45) is -2.53. The van der Waals surface area contributed by atoms with Crippen molar-refractivity contribution in [2.45, 2.75) is 38.3 Å². The molecule has 1 aromatic heterocycles. The summed E-state index contributed by atoms with van der Waals surface area (Å²) < 4.78 is 15.9. The minimum Gasteiger partial charge on any atom is -0.479 e. The molecule has 1 fully saturated rings. The third-order valence-corrected chi connectivity index (χ3v) is 3.79. The Bertz CT molecular complexity index is 795. The van der Waals surface area contributed by atoms with Gasteiger partial charge in [0, 0.05) is 17.5 Å². The molecular formula is C16H16O7. The first-order valence-corrected chi connectivity index (χ1v) is 7.21. The highest BCUT2D eigenvalue weighted by atomic mass is 16.7. The van der Waals surface area contributed by atoms with Crippen molar-refractivity contribution < 1.29 is 28.9 Å². The fourth-order valence-corrected chi connectivity index (χ4v) is 2.58. The van der Waals surface area contributed by atoms with Crippen LogP contribution < -0.4 is 10.4 Å². The Morgan fingerprint density at radius 2 is 2.09 bits per heavy atom. The van der Waals surface area contributed by atoms with E-state index in [0.717, 1.165) is 10.9 Å². The number of aliphatic hydroxyl groups excluding tert-OH is 1. The summed E-state index contributed by atoms with van der Waals surface area (Å²) >= 11 is 0. The summed E-state index contributed by atoms with van der Waals surface area (Å²) in [6.45, 7) is 1.80. The number of benzene rings is 1. The fourth-order valence-electron chi connectivity index (χ4n) is 2.58. The van der Waals surface area contributed by atoms with Crippen LogP contribution in [0.2, 0.25) is 0 Å². The van der Waals surface area contributed by atoms with Gasteiger partial charge in [-0.3, -0.25) is 0 Å². The summed E-state index contributed by atoms with van der Waals surface area (Å²) in [5.74, 6) is -0.771. The number of carboxylic acids is 1. The first kappa shape index (κ1) is 15.5. The van der Waals surface area contributed by atoms with Gasteiger partial charge in [-0.2, -0.15) is 0 Å². The Morgan fingerprint density at radius 1 is 1.30 bits per heavy atom. The fraction of sp³-hybridized carbons (Fsp3) is 0.375. The second-order valence-corrected chi connectivity index (χ2v) is 5.50. The molecule has 0 bridgehead atoms. The SMILES string of the molecule is Cc1cc(=O)oc2cc(OC3OC(C(=O)O)CC[C@H]3O)ccc12. The molecule has 3 atom stereocenters. The van der Waals surface area contributed by atoms with Gasteiger partial charge in [-0.05, 0) is 37.5 Å². The van der Waals surface area contributed by atoms with Gasteiger partial charge in [0.1, 0.15) is 17.4 Å². The van der Waals surface area contributed by atoms with Crippen molar-refractivity contribution >= 4 is 16.9 Å². The molecule has 23 heavy (non-hydrogen) atoms. The summed E-state index contributed by atoms with van der Waals surface area (Å²) in [7, 11) is 0. The molecule has 3 rings (SSSR count). The number of carboxylic acid groups (broad SMARTS) is 1. The highest BCUT2D eigenvalue weighted by Crippen LogP contribution is 2.26. The van der Waals surface area contributed by atoms with E-state index in [1.54, 1.807) is 19.1 Å². The van der Waals surface area contributed by atoms with E-state index in [1.807, 2.05) is 0 Å². The van der Waals surface area contributed by atoms with Gasteiger partial charge in [0.25, 0.3) is 0 Å². The highest BCUT2D eigenvalue weighted by molar-refractivity contribution is 5.81. The van der Waals surface area contributed by atoms with Crippen LogP contribution in [0.5, 0.6) is 5.75 Å². The molecule has 2 N–H and O–H groups in total. The minimum absolute atomic E-state index is 0.224. The van der Waals surface area contributed by atoms with Crippen LogP contribution in [-0.4, -0.2) is 34.7 Å². The molecule has 0 amide bonds. The number of ether oxygens (including phenoxy) is 2. The summed E-state index contributed by atoms with van der Waals surface area (Å²) in [6, 6.07) is 6.29. The van der Waals surface area contributed by atoms with Gasteiger partial charge in [-0.15, -0.1) is 0 Å². The summed E-state index contributed by atoms with van der Waals surface area (Å²) in [5.41, 5.74) is 0.669. The van der Waals surface area contributed by atoms with Crippen LogP contribution in [0.4, 0.5) is 0 Å². The molecule has 0 spiro atoms. The molecule has 0 saturated carbocycles. The van der Waals surface area contributed by atoms with Crippen LogP contribution in [-0.2, 0) is 9.53 Å². The lowest BCUT2D eigenvalue weighted by Crippen LogP contribution is -2.45. The molecule has 2 heterocycles. The van der Waals surface area contributed by atoms with Gasteiger partial charge >= 0.3 is 11.6 Å². The standard InChI is InChI=1S/C16H16O7/c1-8-6-14(18)22-13-7-9(2-3-10(8)13)21-16-11(17)4-5-12(23-16)15(19)20/h2-3,6-7,11-12,16-17H,4-5H2,1H3,(H,19,20)/t11-,12?,16?/m1/s1. The number of aryl methyl sites for hydroxylation is 1. The second-order valence-electron chi connectivity index (χ2n) is 5.50. The molecule has 7 nitrogen and oxygen atoms in total. The number of carbonyl (C=O) groups is 1. The molecule has 1 saturated heterocycles. The zero-order valence-electron chi connectivity index (χ0n) is 12.4. The van der Waals surface area contributed by atoms with Crippen LogP contribution >= 0.6 is 0 Å². The number of aliphatic carboxylic acids is 1. The van der Waals surface area contributed by atoms with Gasteiger partial charge in [-0.25, -0.2) is 9.59 Å². The topological polar surface area (TPSA) is 106 Å². The van der Waals surface area contributed by atoms with E-state index >= 15 is 0 Å². The van der Waals surface area contributed by atoms with Crippen LogP contribution in [0.25, 0.3) is 11.0 Å². The Kier molecular flexibility index (Phi) is 4.06. The van der Waals surface area contributed by atoms with E-state index in [4.69, 9.17) is 19.0 Å². The maximum atomic E-state index is 11.4. The van der Waals surface area contributed by atoms with Crippen molar-refractivity contribution in [1.82, 2.24) is 0 Å². The third kappa shape index (κ3) is 3.20. The molecule has 0 radical (unpaired) electrons. The zero-order valence-corrected chi connectivity index (χ0v) is 12.4. The summed E-state index contributed by atoms with van der Waals surface area (Å²) in [5, 5.41) is 19.7. The predicted octanol–water partition coefficient (Wildman–Crippen LogP) is 1.43. The van der Waals surface area contributed by atoms with E-state index in [1.165, 1.54) is 12.1 Å². The predicted molar refractivity (Wildman–Crippen MR) is 79.4 cm³/mol. The monoisotopic (exact) mass is 320 g/mol. The smallest absolute Gasteiger partial charge is 0.336 e. The molecule has 1 aliphatic rings. The van der Waals surface area contributed by atoms with Crippen LogP contribution in [0.1, 0.15) is 18.4 Å². The van der Waals surface area contributed by atoms with Crippen molar-refractivity contribution in [2.24, 2.45) is 0 Å². The molecule has 122 valence electrons. The van der Waals surface area contributed by atoms with Crippen LogP contribution in [0.3, 0.4) is 0 Å². The highest BCUT2D eigenvalue weighted by Gasteiger charge is 2.35. The Morgan fingerprint density at radius 3 is 2.83 bits per heavy atom. The molecule has 1 aromatic carbocycles. The Labute approximate surface area is 131 Å². The molecule has 2 aromatic rings. The lowest BCUT2D eigenvalue weighted by Gasteiger charge is -2.31. The average Bonchev–Trinajstić information content (AvgIpc) is 2.48. The number of aliphatic hydroxyl groups is 1. The number of fused-ring (bicyclic) bond motifs is 1. The van der Waals surface area contributed by atoms with Crippen molar-refractivity contribution in [3.05, 3.63) is 40.2 Å². The number of hydrogen-bond donors (Lipinski definition) is 2. The lowest BCUT2D eigenvalue weighted by atomic mass is 10.1. The first-order chi connectivity index (χ1) is 10.9. The van der Waals surface area contributed by atoms with E-state index in [-0.39, 0.29) is 12.8 Å². The molecular weight excluding hydrogens is 304 g/mol. The van der Waals surface area contributed by atoms with Crippen molar-refractivity contribution in [3.8, 4) is 5.75 Å². The quantitative estimate of drug-likeness (QED) is 0.824. The molecule has 7 heteroatoms. The van der Waals surface area contributed by atoms with Crippen molar-refractivity contribution in [1.29, 1.82) is 0 Å². The largest absolute Gasteiger partial charge is 0.479 e. The molecule has 1 aliphatic heterocycles. The third-order valence-electron chi connectivity index (χ3n) is 3.79. The maximum Gasteiger partial charge on any atom is 0.336 e. The Hall–Kier alpha value is -2.38. The maximum absolute atomic E-state index is 11.4. The molecule has 0 aliphatic carbocycles. The minimum atomic E-state index is -1.09. The van der Waals surface area contributed by atoms with E-state index in [2.05, 4.69) is 0 Å². The van der Waals surface area contributed by atoms with E-state index in [0.29, 0.717) is 11.3 Å². The van der Waals surface area contributed by atoms with Crippen LogP contribution in [0, 0.1) is 6.92 Å². The van der Waals surface area contributed by atoms with Gasteiger partial charge < -0.3 is 24.1 Å². The van der Waals surface area contributed by atoms with E-state index in [9.17, 15) is 14.7 Å². The van der Waals surface area contributed by atoms with Crippen molar-refractivity contribution in [3.63, 3.8) is 0 Å². The number of rotatable bonds is 3. The van der Waals surface area contributed by atoms with Gasteiger partial charge in [0.2, 0.25) is 6.29 Å². The number of hydrogen-bond acceptors (Lipinski definition) is 6. The zero-order chi connectivity index (χ0) is 16.6. The van der Waals surface area contributed by atoms with E-state index < -0.39 is 30.1 Å². The molecule has 2 unspecified atom stereocenters. The second kappa shape index (κ2) is 6.02. The van der Waals surface area contributed by atoms with Crippen molar-refractivity contribution in [2.75, 3.05) is 0 Å².